The van der Waals surface area contributed by atoms with Crippen LogP contribution >= 0.6 is 0 Å². The van der Waals surface area contributed by atoms with Crippen LogP contribution in [0.25, 0.3) is 0 Å². The van der Waals surface area contributed by atoms with E-state index in [0.717, 1.165) is 139 Å². The number of carbonyl (C=O) groups is 3. The van der Waals surface area contributed by atoms with E-state index in [9.17, 15) is 39.5 Å². The Bertz CT molecular complexity index is 3150. The van der Waals surface area contributed by atoms with Crippen molar-refractivity contribution < 1.29 is 173 Å². The van der Waals surface area contributed by atoms with Crippen molar-refractivity contribution in [1.29, 1.82) is 0 Å². The molecule has 0 amide bonds. The highest BCUT2D eigenvalue weighted by atomic mass is 79.9. The molecule has 6 aromatic rings. The summed E-state index contributed by atoms with van der Waals surface area (Å²) in [6.07, 6.45) is 16.2. The molecule has 0 aliphatic heterocycles. The predicted molar refractivity (Wildman–Crippen MR) is 354 cm³/mol. The minimum absolute atomic E-state index is 0. The van der Waals surface area contributed by atoms with Crippen LogP contribution in [0, 0.1) is 6.92 Å². The molecule has 0 bridgehead atoms. The SMILES string of the molecule is CCCCCN(CCCCC)c1ccc(N=Nc2n(CCCC)cc[n+]2CCCC)cc1.CCCCn1cc[n+](CCCC)c1N=Nc1ccc(N(C)C)cc1.Cc1ccc(N=Nc2n(CCC[NH3+])cc[n+]2CCC[NH3+])cc1.O=C([O-])C(F)(F)F.O=C([O-])C(F)(F)F.O=C([O-])C(F)(F)F.[Br-].[Cl-].[Cl-].[Cl-].[Cl-].[Cl-]. The summed E-state index contributed by atoms with van der Waals surface area (Å²) in [4.78, 5) is 31.0. The lowest BCUT2D eigenvalue weighted by Crippen LogP contribution is -3.00. The number of rotatable bonds is 34. The summed E-state index contributed by atoms with van der Waals surface area (Å²) < 4.78 is 108. The van der Waals surface area contributed by atoms with Gasteiger partial charge in [0.25, 0.3) is 0 Å². The fraction of sp³-hybridized carbons (Fsp3) is 0.559. The molecular formula is C68H103BrCl5F9N16O6-4. The summed E-state index contributed by atoms with van der Waals surface area (Å²) in [5.41, 5.74) is 14.2. The number of halogens is 15. The molecule has 0 aliphatic carbocycles. The zero-order valence-corrected chi connectivity index (χ0v) is 66.4. The maximum atomic E-state index is 10.5. The second kappa shape index (κ2) is 61.3. The number of hydrogen-bond acceptors (Lipinski definition) is 14. The molecule has 0 spiro atoms. The monoisotopic (exact) mass is 1660 g/mol. The molecule has 3 heterocycles. The summed E-state index contributed by atoms with van der Waals surface area (Å²) in [5, 5.41) is 53.5. The average Bonchev–Trinajstić information content (AvgIpc) is 1.72. The molecule has 3 aromatic heterocycles. The van der Waals surface area contributed by atoms with Gasteiger partial charge in [-0.05, 0) is 106 Å². The van der Waals surface area contributed by atoms with E-state index in [1.165, 1.54) is 81.1 Å². The van der Waals surface area contributed by atoms with Gasteiger partial charge in [0, 0.05) is 66.7 Å². The topological polar surface area (TPSA) is 283 Å². The Morgan fingerprint density at radius 2 is 0.676 bits per heavy atom. The Balaban J connectivity index is -0.000000302. The lowest BCUT2D eigenvalue weighted by atomic mass is 10.2. The van der Waals surface area contributed by atoms with Crippen molar-refractivity contribution in [2.24, 2.45) is 30.7 Å². The third-order valence-corrected chi connectivity index (χ3v) is 14.3. The van der Waals surface area contributed by atoms with Gasteiger partial charge >= 0.3 is 36.4 Å². The van der Waals surface area contributed by atoms with E-state index in [-0.39, 0.29) is 79.0 Å². The molecule has 6 rings (SSSR count). The minimum atomic E-state index is -5.19. The molecule has 0 aliphatic rings. The zero-order chi connectivity index (χ0) is 74.4. The molecule has 0 saturated heterocycles. The summed E-state index contributed by atoms with van der Waals surface area (Å²) in [6.45, 7) is 25.4. The van der Waals surface area contributed by atoms with E-state index in [0.29, 0.717) is 0 Å². The van der Waals surface area contributed by atoms with Crippen LogP contribution in [-0.4, -0.2) is 90.4 Å². The van der Waals surface area contributed by atoms with Crippen LogP contribution in [0.4, 0.5) is 85.8 Å². The van der Waals surface area contributed by atoms with Gasteiger partial charge in [-0.25, -0.2) is 27.4 Å². The van der Waals surface area contributed by atoms with Crippen molar-refractivity contribution >= 4 is 64.2 Å². The maximum Gasteiger partial charge on any atom is 0.430 e. The molecule has 600 valence electrons. The first-order valence-electron chi connectivity index (χ1n) is 33.6. The van der Waals surface area contributed by atoms with Gasteiger partial charge in [0.1, 0.15) is 35.0 Å². The number of aromatic nitrogens is 6. The lowest BCUT2D eigenvalue weighted by molar-refractivity contribution is -0.686. The smallest absolute Gasteiger partial charge is 0.430 e. The van der Waals surface area contributed by atoms with Crippen LogP contribution < -0.4 is 129 Å². The Hall–Kier alpha value is -6.68. The number of anilines is 2. The molecule has 22 nitrogen and oxygen atoms in total. The number of quaternary nitrogens is 2. The van der Waals surface area contributed by atoms with Crippen LogP contribution in [0.3, 0.4) is 0 Å². The molecule has 105 heavy (non-hydrogen) atoms. The number of imidazole rings is 3. The van der Waals surface area contributed by atoms with Crippen LogP contribution in [0.2, 0.25) is 0 Å². The molecule has 37 heteroatoms. The van der Waals surface area contributed by atoms with Crippen LogP contribution in [-0.2, 0) is 53.7 Å². The molecule has 0 unspecified atom stereocenters. The Kier molecular flexibility index (Phi) is 63.8. The Morgan fingerprint density at radius 1 is 0.410 bits per heavy atom. The van der Waals surface area contributed by atoms with Gasteiger partial charge in [0.2, 0.25) is 0 Å². The van der Waals surface area contributed by atoms with Gasteiger partial charge < -0.3 is 130 Å². The maximum absolute atomic E-state index is 10.5. The molecule has 0 atom stereocenters. The highest BCUT2D eigenvalue weighted by molar-refractivity contribution is 5.71. The minimum Gasteiger partial charge on any atom is -1.00 e. The van der Waals surface area contributed by atoms with Gasteiger partial charge in [-0.2, -0.15) is 39.5 Å². The van der Waals surface area contributed by atoms with E-state index in [1.54, 1.807) is 0 Å². The van der Waals surface area contributed by atoms with Crippen LogP contribution in [0.15, 0.2) is 141 Å². The molecule has 0 radical (unpaired) electrons. The van der Waals surface area contributed by atoms with Crippen molar-refractivity contribution in [3.05, 3.63) is 116 Å². The van der Waals surface area contributed by atoms with Gasteiger partial charge in [-0.15, -0.1) is 0 Å². The van der Waals surface area contributed by atoms with Crippen molar-refractivity contribution in [2.75, 3.05) is 50.1 Å². The first-order valence-corrected chi connectivity index (χ1v) is 33.6. The van der Waals surface area contributed by atoms with Gasteiger partial charge in [0.05, 0.1) is 89.5 Å². The normalized spacial score (nSPS) is 10.7. The van der Waals surface area contributed by atoms with Crippen molar-refractivity contribution in [3.63, 3.8) is 0 Å². The van der Waals surface area contributed by atoms with Gasteiger partial charge in [-0.1, -0.05) is 126 Å². The Labute approximate surface area is 652 Å². The average molecular weight is 1670 g/mol. The third-order valence-electron chi connectivity index (χ3n) is 14.3. The second-order valence-corrected chi connectivity index (χ2v) is 22.9. The standard InChI is InChI=1S/C27H46N5.C19H30N5.C16H25N6.3C2HF3O2.BrH.5ClH/c1-5-9-13-21-30(22-14-10-6-2)26-17-15-25(16-18-26)28-29-27-31(19-11-7-3)23-24-32(27)20-12-8-4;1-5-7-13-23-15-16-24(14-8-6-2)19(23)21-20-17-9-11-18(12-10-17)22(3)4;1-14-4-6-15(7-5-14)19-20-16-21(10-2-8-17)12-13-22(16)11-3-9-18;3*3-2(4,5)1(6)7;;;;;;/h15-18,23-24H,5-14,19-22H2,1-4H3;9-12,15-16H,5-8,13-14H2,1-4H3;4-7,12-13H,2-3,8-11,17-18H2,1H3;3*(H,6,7);6*1H/q3*+1;;;;;;;;;/p-7. The van der Waals surface area contributed by atoms with Crippen molar-refractivity contribution in [3.8, 4) is 0 Å². The fourth-order valence-electron chi connectivity index (χ4n) is 8.59. The highest BCUT2D eigenvalue weighted by Crippen LogP contribution is 2.25. The quantitative estimate of drug-likeness (QED) is 0.0169. The number of nitrogens with zero attached hydrogens (tertiary/aromatic N) is 14. The number of aliphatic carboxylic acids is 3. The van der Waals surface area contributed by atoms with Gasteiger partial charge in [0.15, 0.2) is 0 Å². The summed E-state index contributed by atoms with van der Waals surface area (Å²) in [7, 11) is 4.07. The molecular weight excluding hydrogens is 1570 g/mol. The van der Waals surface area contributed by atoms with E-state index in [1.807, 2.05) is 50.5 Å². The molecule has 6 N–H and O–H groups in total. The lowest BCUT2D eigenvalue weighted by Gasteiger charge is -2.25. The number of aryl methyl sites for hydroxylation is 7. The van der Waals surface area contributed by atoms with Gasteiger partial charge in [-0.3, -0.25) is 0 Å². The number of unbranched alkanes of at least 4 members (excludes halogenated alkanes) is 8. The first kappa shape index (κ1) is 109. The number of azo groups is 3. The van der Waals surface area contributed by atoms with E-state index < -0.39 is 36.4 Å². The number of carbonyl (C=O) groups excluding carboxylic acids is 3. The van der Waals surface area contributed by atoms with E-state index in [2.05, 4.69) is 201 Å². The number of benzene rings is 3. The van der Waals surface area contributed by atoms with Crippen LogP contribution in [0.5, 0.6) is 0 Å². The molecule has 0 fully saturated rings. The molecule has 3 aromatic carbocycles. The summed E-state index contributed by atoms with van der Waals surface area (Å²) in [5.74, 6) is -6.24. The van der Waals surface area contributed by atoms with Crippen molar-refractivity contribution in [1.82, 2.24) is 13.7 Å². The Morgan fingerprint density at radius 3 is 0.943 bits per heavy atom. The van der Waals surface area contributed by atoms with E-state index >= 15 is 0 Å². The van der Waals surface area contributed by atoms with E-state index in [4.69, 9.17) is 29.7 Å². The largest absolute Gasteiger partial charge is 1.00 e. The van der Waals surface area contributed by atoms with Crippen molar-refractivity contribution in [2.45, 2.75) is 209 Å². The zero-order valence-electron chi connectivity index (χ0n) is 61.1. The molecule has 0 saturated carbocycles. The number of alkyl halides is 9. The van der Waals surface area contributed by atoms with Crippen LogP contribution in [0.1, 0.15) is 150 Å². The number of carboxylic acid groups (broad SMARTS) is 3. The summed E-state index contributed by atoms with van der Waals surface area (Å²) in [6, 6.07) is 24.9. The predicted octanol–water partition coefficient (Wildman–Crippen LogP) is -6.48. The first-order chi connectivity index (χ1) is 46.9. The number of carboxylic acids is 3. The fourth-order valence-corrected chi connectivity index (χ4v) is 8.59. The summed E-state index contributed by atoms with van der Waals surface area (Å²) >= 11 is 0. The second-order valence-electron chi connectivity index (χ2n) is 22.9. The third kappa shape index (κ3) is 46.9. The highest BCUT2D eigenvalue weighted by Gasteiger charge is 2.30. The number of hydrogen-bond donors (Lipinski definition) is 2.